The van der Waals surface area contributed by atoms with Gasteiger partial charge in [0.2, 0.25) is 5.95 Å². The fourth-order valence-corrected chi connectivity index (χ4v) is 7.75. The van der Waals surface area contributed by atoms with Gasteiger partial charge in [0.25, 0.3) is 15.9 Å². The number of hydrogen-bond acceptors (Lipinski definition) is 8. The first-order valence-electron chi connectivity index (χ1n) is 13.8. The van der Waals surface area contributed by atoms with Crippen molar-refractivity contribution in [2.24, 2.45) is 5.92 Å². The van der Waals surface area contributed by atoms with Gasteiger partial charge < -0.3 is 4.74 Å². The number of imidazole rings is 1. The lowest BCUT2D eigenvalue weighted by Gasteiger charge is -2.37. The van der Waals surface area contributed by atoms with Gasteiger partial charge in [0.1, 0.15) is 11.9 Å². The summed E-state index contributed by atoms with van der Waals surface area (Å²) < 4.78 is 35.8. The molecule has 228 valence electrons. The molecule has 0 spiro atoms. The highest BCUT2D eigenvalue weighted by atomic mass is 35.5. The van der Waals surface area contributed by atoms with Crippen LogP contribution < -0.4 is 4.90 Å². The van der Waals surface area contributed by atoms with Gasteiger partial charge in [0.05, 0.1) is 23.9 Å². The zero-order chi connectivity index (χ0) is 31.4. The molecular weight excluding hydrogens is 627 g/mol. The number of rotatable bonds is 8. The predicted molar refractivity (Wildman–Crippen MR) is 164 cm³/mol. The van der Waals surface area contributed by atoms with E-state index < -0.39 is 33.4 Å². The van der Waals surface area contributed by atoms with E-state index in [2.05, 4.69) is 15.0 Å². The highest BCUT2D eigenvalue weighted by Gasteiger charge is 2.53. The number of carbonyl (C=O) groups excluding carboxylic acids is 2. The third-order valence-corrected chi connectivity index (χ3v) is 9.94. The Morgan fingerprint density at radius 2 is 1.66 bits per heavy atom. The largest absolute Gasteiger partial charge is 0.463 e. The Morgan fingerprint density at radius 3 is 2.27 bits per heavy atom. The Labute approximate surface area is 264 Å². The van der Waals surface area contributed by atoms with Gasteiger partial charge in [-0.2, -0.15) is 4.31 Å². The summed E-state index contributed by atoms with van der Waals surface area (Å²) >= 11 is 12.6. The molecule has 4 heterocycles. The molecule has 0 radical (unpaired) electrons. The highest BCUT2D eigenvalue weighted by Crippen LogP contribution is 2.45. The van der Waals surface area contributed by atoms with Crippen molar-refractivity contribution in [1.82, 2.24) is 23.8 Å². The van der Waals surface area contributed by atoms with E-state index in [1.807, 2.05) is 24.3 Å². The number of halogens is 2. The van der Waals surface area contributed by atoms with Crippen LogP contribution in [0.5, 0.6) is 0 Å². The topological polar surface area (TPSA) is 128 Å². The standard InChI is InChI=1S/C30H28Cl2N6O5S/c1-18(2)43-27(39)22-15-36(16-22)44(41,42)26-14-35-29-37(25-9-23(31)8-24(32)10-25)28(40)30(3,38(26)29)11-19-4-6-20(7-5-19)21-12-33-17-34-13-21/h4-10,12-14,17-18,22H,11,15-16H2,1-3H3/t30-/m1/s1. The SMILES string of the molecule is CC(C)OC(=O)C1CN(S(=O)(=O)c2cnc3n2[C@](C)(Cc2ccc(-c4cncnc4)cc2)C(=O)N3c2cc(Cl)cc(Cl)c2)C1. The molecule has 0 N–H and O–H groups in total. The average Bonchev–Trinajstić information content (AvgIpc) is 3.46. The number of anilines is 2. The number of fused-ring (bicyclic) bond motifs is 1. The van der Waals surface area contributed by atoms with Crippen molar-refractivity contribution in [2.75, 3.05) is 18.0 Å². The van der Waals surface area contributed by atoms with Crippen molar-refractivity contribution in [2.45, 2.75) is 43.9 Å². The third kappa shape index (κ3) is 5.25. The second-order valence-corrected chi connectivity index (χ2v) is 14.0. The lowest BCUT2D eigenvalue weighted by atomic mass is 9.91. The van der Waals surface area contributed by atoms with Crippen molar-refractivity contribution in [1.29, 1.82) is 0 Å². The molecule has 0 aliphatic carbocycles. The fourth-order valence-electron chi connectivity index (χ4n) is 5.52. The van der Waals surface area contributed by atoms with Gasteiger partial charge in [0.15, 0.2) is 5.03 Å². The summed E-state index contributed by atoms with van der Waals surface area (Å²) in [5.74, 6) is -1.30. The van der Waals surface area contributed by atoms with Gasteiger partial charge in [-0.1, -0.05) is 47.5 Å². The number of benzene rings is 2. The van der Waals surface area contributed by atoms with E-state index >= 15 is 0 Å². The minimum Gasteiger partial charge on any atom is -0.463 e. The van der Waals surface area contributed by atoms with Crippen LogP contribution in [0.15, 0.2) is 72.4 Å². The van der Waals surface area contributed by atoms with E-state index in [0.717, 1.165) is 16.7 Å². The number of carbonyl (C=O) groups is 2. The van der Waals surface area contributed by atoms with Crippen LogP contribution in [0.25, 0.3) is 11.1 Å². The highest BCUT2D eigenvalue weighted by molar-refractivity contribution is 7.89. The summed E-state index contributed by atoms with van der Waals surface area (Å²) in [4.78, 5) is 40.6. The van der Waals surface area contributed by atoms with Crippen molar-refractivity contribution >= 4 is 56.7 Å². The van der Waals surface area contributed by atoms with Gasteiger partial charge >= 0.3 is 5.97 Å². The summed E-state index contributed by atoms with van der Waals surface area (Å²) in [5.41, 5.74) is 1.47. The molecule has 1 saturated heterocycles. The molecule has 44 heavy (non-hydrogen) atoms. The summed E-state index contributed by atoms with van der Waals surface area (Å²) in [7, 11) is -4.15. The maximum absolute atomic E-state index is 14.3. The number of esters is 1. The Morgan fingerprint density at radius 1 is 1.02 bits per heavy atom. The van der Waals surface area contributed by atoms with Crippen molar-refractivity contribution < 1.29 is 22.7 Å². The van der Waals surface area contributed by atoms with Gasteiger partial charge in [-0.3, -0.25) is 14.2 Å². The number of sulfonamides is 1. The fraction of sp³-hybridized carbons (Fsp3) is 0.300. The Kier molecular flexibility index (Phi) is 7.73. The van der Waals surface area contributed by atoms with Crippen LogP contribution in [0.2, 0.25) is 10.0 Å². The van der Waals surface area contributed by atoms with Crippen molar-refractivity contribution in [3.63, 3.8) is 0 Å². The Bertz CT molecular complexity index is 1840. The van der Waals surface area contributed by atoms with Crippen LogP contribution in [-0.2, 0) is 36.3 Å². The molecule has 0 unspecified atom stereocenters. The molecule has 11 nitrogen and oxygen atoms in total. The summed E-state index contributed by atoms with van der Waals surface area (Å²) in [6.07, 6.45) is 5.95. The van der Waals surface area contributed by atoms with Crippen molar-refractivity contribution in [3.05, 3.63) is 83.0 Å². The monoisotopic (exact) mass is 654 g/mol. The lowest BCUT2D eigenvalue weighted by molar-refractivity contribution is -0.156. The molecular formula is C30H28Cl2N6O5S. The summed E-state index contributed by atoms with van der Waals surface area (Å²) in [5, 5.41) is 0.452. The second kappa shape index (κ2) is 11.3. The summed E-state index contributed by atoms with van der Waals surface area (Å²) in [6.45, 7) is 5.10. The molecule has 1 amide bonds. The molecule has 0 saturated carbocycles. The van der Waals surface area contributed by atoms with Crippen LogP contribution in [-0.4, -0.2) is 63.3 Å². The van der Waals surface area contributed by atoms with E-state index in [9.17, 15) is 18.0 Å². The maximum Gasteiger partial charge on any atom is 0.311 e. The van der Waals surface area contributed by atoms with Crippen LogP contribution in [0.1, 0.15) is 26.3 Å². The van der Waals surface area contributed by atoms with Crippen molar-refractivity contribution in [3.8, 4) is 11.1 Å². The van der Waals surface area contributed by atoms with Gasteiger partial charge in [-0.15, -0.1) is 0 Å². The molecule has 2 aromatic heterocycles. The molecule has 2 aromatic carbocycles. The van der Waals surface area contributed by atoms with Crippen LogP contribution in [0.4, 0.5) is 11.6 Å². The van der Waals surface area contributed by atoms with Crippen LogP contribution in [0.3, 0.4) is 0 Å². The number of hydrogen-bond donors (Lipinski definition) is 0. The third-order valence-electron chi connectivity index (χ3n) is 7.71. The zero-order valence-electron chi connectivity index (χ0n) is 24.0. The van der Waals surface area contributed by atoms with E-state index in [1.54, 1.807) is 51.4 Å². The number of nitrogens with zero attached hydrogens (tertiary/aromatic N) is 6. The smallest absolute Gasteiger partial charge is 0.311 e. The minimum atomic E-state index is -4.15. The van der Waals surface area contributed by atoms with Gasteiger partial charge in [-0.25, -0.2) is 28.3 Å². The van der Waals surface area contributed by atoms with Crippen LogP contribution >= 0.6 is 23.2 Å². The zero-order valence-corrected chi connectivity index (χ0v) is 26.3. The Balaban J connectivity index is 1.39. The summed E-state index contributed by atoms with van der Waals surface area (Å²) in [6, 6.07) is 12.2. The number of aromatic nitrogens is 4. The lowest BCUT2D eigenvalue weighted by Crippen LogP contribution is -2.54. The quantitative estimate of drug-likeness (QED) is 0.247. The van der Waals surface area contributed by atoms with E-state index in [0.29, 0.717) is 15.7 Å². The molecule has 14 heteroatoms. The number of ether oxygens (including phenoxy) is 1. The molecule has 2 aliphatic rings. The molecule has 6 rings (SSSR count). The molecule has 1 atom stereocenters. The van der Waals surface area contributed by atoms with E-state index in [1.165, 1.54) is 26.3 Å². The maximum atomic E-state index is 14.3. The molecule has 4 aromatic rings. The molecule has 2 aliphatic heterocycles. The number of amides is 1. The predicted octanol–water partition coefficient (Wildman–Crippen LogP) is 4.86. The average molecular weight is 656 g/mol. The first-order chi connectivity index (χ1) is 20.9. The van der Waals surface area contributed by atoms with Gasteiger partial charge in [-0.05, 0) is 50.1 Å². The first kappa shape index (κ1) is 30.2. The normalized spacial score (nSPS) is 18.9. The molecule has 1 fully saturated rings. The molecule has 0 bridgehead atoms. The van der Waals surface area contributed by atoms with Crippen LogP contribution in [0, 0.1) is 5.92 Å². The van der Waals surface area contributed by atoms with E-state index in [-0.39, 0.29) is 36.6 Å². The van der Waals surface area contributed by atoms with E-state index in [4.69, 9.17) is 27.9 Å². The Hall–Kier alpha value is -3.84. The second-order valence-electron chi connectivity index (χ2n) is 11.3. The minimum absolute atomic E-state index is 0.0304. The van der Waals surface area contributed by atoms with Gasteiger partial charge in [0, 0.05) is 47.5 Å². The first-order valence-corrected chi connectivity index (χ1v) is 16.0.